The molecule has 0 spiro atoms. The minimum Gasteiger partial charge on any atom is -0.475 e. The molecule has 4 nitrogen and oxygen atoms in total. The van der Waals surface area contributed by atoms with Gasteiger partial charge in [-0.05, 0) is 31.9 Å². The van der Waals surface area contributed by atoms with Crippen LogP contribution in [0.4, 0.5) is 0 Å². The quantitative estimate of drug-likeness (QED) is 0.585. The highest BCUT2D eigenvalue weighted by Gasteiger charge is 2.18. The highest BCUT2D eigenvalue weighted by molar-refractivity contribution is 6.99. The summed E-state index contributed by atoms with van der Waals surface area (Å²) < 4.78 is 14.3. The van der Waals surface area contributed by atoms with Crippen LogP contribution in [0.25, 0.3) is 5.57 Å². The number of likely N-dealkylation sites (N-methyl/N-ethyl adjacent to an activating group) is 1. The highest BCUT2D eigenvalue weighted by Crippen LogP contribution is 2.26. The van der Waals surface area contributed by atoms with E-state index in [2.05, 4.69) is 33.3 Å². The second-order valence-corrected chi connectivity index (χ2v) is 4.98. The van der Waals surface area contributed by atoms with Gasteiger partial charge in [-0.3, -0.25) is 0 Å². The van der Waals surface area contributed by atoms with Gasteiger partial charge in [0, 0.05) is 13.1 Å². The third-order valence-corrected chi connectivity index (χ3v) is 3.41. The Bertz CT molecular complexity index is 428. The maximum atomic E-state index is 5.70. The van der Waals surface area contributed by atoms with Crippen LogP contribution in [0.1, 0.15) is 25.0 Å². The SMILES string of the molecule is C=CCCCOc1nsnc1C1=CCCN(C)C1. The van der Waals surface area contributed by atoms with Gasteiger partial charge < -0.3 is 9.64 Å². The van der Waals surface area contributed by atoms with Crippen molar-refractivity contribution >= 4 is 17.3 Å². The van der Waals surface area contributed by atoms with Crippen molar-refractivity contribution in [2.75, 3.05) is 26.7 Å². The number of hydrogen-bond acceptors (Lipinski definition) is 5. The molecule has 0 saturated carbocycles. The largest absolute Gasteiger partial charge is 0.475 e. The number of nitrogens with zero attached hydrogens (tertiary/aromatic N) is 3. The fourth-order valence-corrected chi connectivity index (χ4v) is 2.46. The molecule has 0 atom stereocenters. The molecular formula is C13H19N3OS. The summed E-state index contributed by atoms with van der Waals surface area (Å²) in [5.41, 5.74) is 2.15. The van der Waals surface area contributed by atoms with Crippen LogP contribution in [-0.2, 0) is 0 Å². The molecule has 0 unspecified atom stereocenters. The van der Waals surface area contributed by atoms with E-state index in [9.17, 15) is 0 Å². The molecular weight excluding hydrogens is 246 g/mol. The molecule has 0 N–H and O–H groups in total. The average Bonchev–Trinajstić information content (AvgIpc) is 2.83. The van der Waals surface area contributed by atoms with Crippen molar-refractivity contribution in [2.24, 2.45) is 0 Å². The molecule has 1 aromatic heterocycles. The molecule has 18 heavy (non-hydrogen) atoms. The lowest BCUT2D eigenvalue weighted by Gasteiger charge is -2.22. The summed E-state index contributed by atoms with van der Waals surface area (Å²) in [4.78, 5) is 2.29. The Morgan fingerprint density at radius 3 is 3.22 bits per heavy atom. The smallest absolute Gasteiger partial charge is 0.253 e. The number of allylic oxidation sites excluding steroid dienone is 1. The number of unbranched alkanes of at least 4 members (excludes halogenated alkanes) is 1. The predicted molar refractivity (Wildman–Crippen MR) is 74.9 cm³/mol. The van der Waals surface area contributed by atoms with Crippen LogP contribution >= 0.6 is 11.7 Å². The van der Waals surface area contributed by atoms with E-state index in [0.29, 0.717) is 12.5 Å². The van der Waals surface area contributed by atoms with Crippen LogP contribution in [-0.4, -0.2) is 40.4 Å². The zero-order chi connectivity index (χ0) is 12.8. The maximum absolute atomic E-state index is 5.70. The normalized spacial score (nSPS) is 16.4. The third kappa shape index (κ3) is 3.40. The first-order valence-corrected chi connectivity index (χ1v) is 6.98. The van der Waals surface area contributed by atoms with Crippen LogP contribution < -0.4 is 4.74 Å². The van der Waals surface area contributed by atoms with Gasteiger partial charge in [0.1, 0.15) is 5.69 Å². The summed E-state index contributed by atoms with van der Waals surface area (Å²) in [5, 5.41) is 0. The molecule has 0 saturated heterocycles. The summed E-state index contributed by atoms with van der Waals surface area (Å²) in [6.07, 6.45) is 7.16. The minimum absolute atomic E-state index is 0.674. The molecule has 0 bridgehead atoms. The maximum Gasteiger partial charge on any atom is 0.253 e. The zero-order valence-electron chi connectivity index (χ0n) is 10.8. The fourth-order valence-electron chi connectivity index (χ4n) is 1.93. The summed E-state index contributed by atoms with van der Waals surface area (Å²) in [5.74, 6) is 0.686. The van der Waals surface area contributed by atoms with Crippen molar-refractivity contribution in [1.29, 1.82) is 0 Å². The van der Waals surface area contributed by atoms with E-state index >= 15 is 0 Å². The van der Waals surface area contributed by atoms with Gasteiger partial charge in [0.05, 0.1) is 18.3 Å². The molecule has 2 rings (SSSR count). The summed E-state index contributed by atoms with van der Waals surface area (Å²) in [6, 6.07) is 0. The predicted octanol–water partition coefficient (Wildman–Crippen LogP) is 2.60. The molecule has 0 radical (unpaired) electrons. The van der Waals surface area contributed by atoms with Crippen LogP contribution in [0.5, 0.6) is 5.88 Å². The summed E-state index contributed by atoms with van der Waals surface area (Å²) in [6.45, 7) is 6.41. The van der Waals surface area contributed by atoms with Gasteiger partial charge in [-0.1, -0.05) is 12.2 Å². The Kier molecular flexibility index (Phi) is 4.90. The van der Waals surface area contributed by atoms with E-state index in [0.717, 1.165) is 38.0 Å². The zero-order valence-corrected chi connectivity index (χ0v) is 11.6. The van der Waals surface area contributed by atoms with Crippen molar-refractivity contribution in [1.82, 2.24) is 13.6 Å². The van der Waals surface area contributed by atoms with Gasteiger partial charge in [-0.25, -0.2) is 0 Å². The Balaban J connectivity index is 1.98. The van der Waals surface area contributed by atoms with Crippen molar-refractivity contribution in [2.45, 2.75) is 19.3 Å². The van der Waals surface area contributed by atoms with Gasteiger partial charge in [-0.2, -0.15) is 4.37 Å². The first-order valence-electron chi connectivity index (χ1n) is 6.25. The van der Waals surface area contributed by atoms with E-state index in [-0.39, 0.29) is 0 Å². The van der Waals surface area contributed by atoms with Gasteiger partial charge in [0.15, 0.2) is 0 Å². The number of hydrogen-bond donors (Lipinski definition) is 0. The molecule has 0 fully saturated rings. The van der Waals surface area contributed by atoms with E-state index in [4.69, 9.17) is 4.74 Å². The lowest BCUT2D eigenvalue weighted by atomic mass is 10.1. The molecule has 1 aliphatic rings. The van der Waals surface area contributed by atoms with Crippen molar-refractivity contribution in [3.63, 3.8) is 0 Å². The van der Waals surface area contributed by atoms with E-state index < -0.39 is 0 Å². The second-order valence-electron chi connectivity index (χ2n) is 4.45. The van der Waals surface area contributed by atoms with Crippen molar-refractivity contribution in [3.05, 3.63) is 24.4 Å². The van der Waals surface area contributed by atoms with E-state index in [1.807, 2.05) is 6.08 Å². The highest BCUT2D eigenvalue weighted by atomic mass is 32.1. The van der Waals surface area contributed by atoms with Crippen LogP contribution in [0.2, 0.25) is 0 Å². The van der Waals surface area contributed by atoms with E-state index in [1.165, 1.54) is 17.3 Å². The first kappa shape index (κ1) is 13.2. The molecule has 2 heterocycles. The van der Waals surface area contributed by atoms with E-state index in [1.54, 1.807) is 0 Å². The van der Waals surface area contributed by atoms with Crippen LogP contribution in [0, 0.1) is 0 Å². The van der Waals surface area contributed by atoms with Crippen LogP contribution in [0.3, 0.4) is 0 Å². The summed E-state index contributed by atoms with van der Waals surface area (Å²) >= 11 is 1.22. The Labute approximate surface area is 112 Å². The van der Waals surface area contributed by atoms with Crippen molar-refractivity contribution < 1.29 is 4.74 Å². The third-order valence-electron chi connectivity index (χ3n) is 2.90. The van der Waals surface area contributed by atoms with Crippen molar-refractivity contribution in [3.8, 4) is 5.88 Å². The summed E-state index contributed by atoms with van der Waals surface area (Å²) in [7, 11) is 2.12. The van der Waals surface area contributed by atoms with Gasteiger partial charge in [0.25, 0.3) is 5.88 Å². The average molecular weight is 265 g/mol. The molecule has 0 amide bonds. The molecule has 5 heteroatoms. The lowest BCUT2D eigenvalue weighted by molar-refractivity contribution is 0.301. The minimum atomic E-state index is 0.674. The molecule has 1 aromatic rings. The topological polar surface area (TPSA) is 38.3 Å². The lowest BCUT2D eigenvalue weighted by Crippen LogP contribution is -2.25. The Hall–Kier alpha value is -1.20. The number of aromatic nitrogens is 2. The van der Waals surface area contributed by atoms with Gasteiger partial charge in [-0.15, -0.1) is 11.0 Å². The number of rotatable bonds is 6. The molecule has 0 aliphatic carbocycles. The Morgan fingerprint density at radius 2 is 2.44 bits per heavy atom. The molecule has 98 valence electrons. The number of ether oxygens (including phenoxy) is 1. The molecule has 1 aliphatic heterocycles. The van der Waals surface area contributed by atoms with Crippen LogP contribution in [0.15, 0.2) is 18.7 Å². The second kappa shape index (κ2) is 6.66. The standard InChI is InChI=1S/C13H19N3OS/c1-3-4-5-9-17-13-12(14-18-15-13)11-7-6-8-16(2)10-11/h3,7H,1,4-6,8-10H2,2H3. The molecule has 0 aromatic carbocycles. The Morgan fingerprint density at radius 1 is 1.56 bits per heavy atom. The monoisotopic (exact) mass is 265 g/mol. The first-order chi connectivity index (χ1) is 8.81. The fraction of sp³-hybridized carbons (Fsp3) is 0.538. The van der Waals surface area contributed by atoms with Gasteiger partial charge >= 0.3 is 0 Å². The van der Waals surface area contributed by atoms with Gasteiger partial charge in [0.2, 0.25) is 0 Å².